The summed E-state index contributed by atoms with van der Waals surface area (Å²) in [6.45, 7) is 2.11. The molecule has 188 valence electrons. The van der Waals surface area contributed by atoms with Gasteiger partial charge in [0.15, 0.2) is 0 Å². The molecule has 2 saturated heterocycles. The Labute approximate surface area is 204 Å². The standard InChI is InChI=1S/C25H31N3O7/c1-3-34-25-19(14-21(29)35-25)27-23(31)20-12-11-16-8-4-5-10-18(24(32)28(16)20)26-22(30)15-7-6-9-17(13-15)33-2/h4-7,9,13,16,18-20,25H,3,8,10-12,14H2,1-2H3,(H,26,30)(H,27,31)/b5-4-/t16-,18+,19?,20+,25?/m1/s1. The molecule has 3 aliphatic heterocycles. The van der Waals surface area contributed by atoms with Gasteiger partial charge in [-0.1, -0.05) is 18.2 Å². The van der Waals surface area contributed by atoms with Crippen molar-refractivity contribution in [2.24, 2.45) is 0 Å². The molecule has 35 heavy (non-hydrogen) atoms. The maximum Gasteiger partial charge on any atom is 0.310 e. The van der Waals surface area contributed by atoms with Gasteiger partial charge in [0.25, 0.3) is 5.91 Å². The lowest BCUT2D eigenvalue weighted by molar-refractivity contribution is -0.164. The highest BCUT2D eigenvalue weighted by Crippen LogP contribution is 2.30. The lowest BCUT2D eigenvalue weighted by atomic mass is 10.0. The van der Waals surface area contributed by atoms with Crippen LogP contribution in [0.2, 0.25) is 0 Å². The molecule has 1 aromatic carbocycles. The zero-order valence-electron chi connectivity index (χ0n) is 19.9. The molecule has 2 N–H and O–H groups in total. The van der Waals surface area contributed by atoms with E-state index in [4.69, 9.17) is 14.2 Å². The van der Waals surface area contributed by atoms with Crippen LogP contribution in [0.3, 0.4) is 0 Å². The molecule has 1 aromatic rings. The molecular formula is C25H31N3O7. The fourth-order valence-corrected chi connectivity index (χ4v) is 4.85. The molecule has 0 bridgehead atoms. The van der Waals surface area contributed by atoms with Crippen molar-refractivity contribution >= 4 is 23.7 Å². The molecule has 3 heterocycles. The molecule has 3 amide bonds. The number of rotatable bonds is 7. The number of hydrogen-bond donors (Lipinski definition) is 2. The molecule has 4 rings (SSSR count). The molecule has 0 spiro atoms. The van der Waals surface area contributed by atoms with Crippen molar-refractivity contribution < 1.29 is 33.4 Å². The molecule has 0 aliphatic carbocycles. The Hall–Kier alpha value is -3.40. The first-order chi connectivity index (χ1) is 16.9. The molecule has 0 radical (unpaired) electrons. The first-order valence-corrected chi connectivity index (χ1v) is 11.9. The van der Waals surface area contributed by atoms with E-state index in [-0.39, 0.29) is 24.3 Å². The third-order valence-corrected chi connectivity index (χ3v) is 6.56. The topological polar surface area (TPSA) is 123 Å². The van der Waals surface area contributed by atoms with Crippen LogP contribution in [0.1, 0.15) is 49.4 Å². The molecule has 2 fully saturated rings. The summed E-state index contributed by atoms with van der Waals surface area (Å²) in [6.07, 6.45) is 5.18. The average molecular weight is 486 g/mol. The average Bonchev–Trinajstić information content (AvgIpc) is 3.42. The highest BCUT2D eigenvalue weighted by atomic mass is 16.7. The van der Waals surface area contributed by atoms with Gasteiger partial charge in [-0.2, -0.15) is 0 Å². The minimum absolute atomic E-state index is 0.0163. The zero-order chi connectivity index (χ0) is 24.9. The van der Waals surface area contributed by atoms with E-state index in [0.717, 1.165) is 0 Å². The van der Waals surface area contributed by atoms with E-state index in [1.165, 1.54) is 7.11 Å². The molecule has 2 unspecified atom stereocenters. The smallest absolute Gasteiger partial charge is 0.310 e. The lowest BCUT2D eigenvalue weighted by Gasteiger charge is -2.34. The number of ether oxygens (including phenoxy) is 3. The molecular weight excluding hydrogens is 454 g/mol. The summed E-state index contributed by atoms with van der Waals surface area (Å²) in [5, 5.41) is 5.67. The molecule has 10 nitrogen and oxygen atoms in total. The summed E-state index contributed by atoms with van der Waals surface area (Å²) in [5.74, 6) is -0.942. The number of methoxy groups -OCH3 is 1. The lowest BCUT2D eigenvalue weighted by Crippen LogP contribution is -2.57. The monoisotopic (exact) mass is 485 g/mol. The van der Waals surface area contributed by atoms with E-state index in [1.54, 1.807) is 36.1 Å². The molecule has 3 aliphatic rings. The molecule has 0 aromatic heterocycles. The molecule has 0 saturated carbocycles. The van der Waals surface area contributed by atoms with Gasteiger partial charge in [-0.3, -0.25) is 19.2 Å². The van der Waals surface area contributed by atoms with Crippen molar-refractivity contribution in [3.8, 4) is 5.75 Å². The van der Waals surface area contributed by atoms with Gasteiger partial charge in [0.1, 0.15) is 23.9 Å². The number of nitrogens with one attached hydrogen (secondary N) is 2. The first kappa shape index (κ1) is 24.7. The quantitative estimate of drug-likeness (QED) is 0.441. The number of hydrogen-bond acceptors (Lipinski definition) is 7. The Balaban J connectivity index is 1.48. The van der Waals surface area contributed by atoms with Crippen LogP contribution in [0.5, 0.6) is 5.75 Å². The Morgan fingerprint density at radius 2 is 1.94 bits per heavy atom. The zero-order valence-corrected chi connectivity index (χ0v) is 19.9. The van der Waals surface area contributed by atoms with Crippen LogP contribution >= 0.6 is 0 Å². The van der Waals surface area contributed by atoms with Crippen molar-refractivity contribution in [3.05, 3.63) is 42.0 Å². The predicted octanol–water partition coefficient (Wildman–Crippen LogP) is 1.30. The minimum Gasteiger partial charge on any atom is -0.497 e. The maximum atomic E-state index is 13.6. The minimum atomic E-state index is -0.838. The number of carbonyl (C=O) groups excluding carboxylic acids is 4. The van der Waals surface area contributed by atoms with Crippen LogP contribution < -0.4 is 15.4 Å². The second-order valence-corrected chi connectivity index (χ2v) is 8.83. The van der Waals surface area contributed by atoms with Crippen LogP contribution in [-0.4, -0.2) is 72.8 Å². The van der Waals surface area contributed by atoms with E-state index in [9.17, 15) is 19.2 Å². The predicted molar refractivity (Wildman–Crippen MR) is 124 cm³/mol. The van der Waals surface area contributed by atoms with Gasteiger partial charge in [-0.15, -0.1) is 0 Å². The van der Waals surface area contributed by atoms with Gasteiger partial charge in [-0.05, 0) is 50.8 Å². The highest BCUT2D eigenvalue weighted by Gasteiger charge is 2.45. The number of esters is 1. The van der Waals surface area contributed by atoms with Gasteiger partial charge in [0.2, 0.25) is 18.1 Å². The first-order valence-electron chi connectivity index (χ1n) is 11.9. The van der Waals surface area contributed by atoms with E-state index in [0.29, 0.717) is 43.6 Å². The van der Waals surface area contributed by atoms with E-state index in [1.807, 2.05) is 12.2 Å². The number of nitrogens with zero attached hydrogens (tertiary/aromatic N) is 1. The van der Waals surface area contributed by atoms with E-state index in [2.05, 4.69) is 10.6 Å². The van der Waals surface area contributed by atoms with Gasteiger partial charge < -0.3 is 29.7 Å². The Bertz CT molecular complexity index is 1010. The number of cyclic esters (lactones) is 1. The van der Waals surface area contributed by atoms with Crippen molar-refractivity contribution in [2.45, 2.75) is 69.5 Å². The van der Waals surface area contributed by atoms with Crippen molar-refractivity contribution in [1.82, 2.24) is 15.5 Å². The number of carbonyl (C=O) groups is 4. The summed E-state index contributed by atoms with van der Waals surface area (Å²) < 4.78 is 15.8. The molecule has 5 atom stereocenters. The van der Waals surface area contributed by atoms with Crippen LogP contribution in [-0.2, 0) is 23.9 Å². The summed E-state index contributed by atoms with van der Waals surface area (Å²) in [7, 11) is 1.52. The molecule has 10 heteroatoms. The van der Waals surface area contributed by atoms with Crippen LogP contribution in [0.15, 0.2) is 36.4 Å². The maximum absolute atomic E-state index is 13.6. The highest BCUT2D eigenvalue weighted by molar-refractivity contribution is 5.99. The second-order valence-electron chi connectivity index (χ2n) is 8.83. The third-order valence-electron chi connectivity index (χ3n) is 6.56. The Kier molecular flexibility index (Phi) is 7.70. The summed E-state index contributed by atoms with van der Waals surface area (Å²) >= 11 is 0. The SMILES string of the molecule is CCOC1OC(=O)CC1NC(=O)[C@@H]1CC[C@H]2C/C=C\C[C@H](NC(=O)c3cccc(OC)c3)C(=O)N21. The van der Waals surface area contributed by atoms with Crippen molar-refractivity contribution in [1.29, 1.82) is 0 Å². The Morgan fingerprint density at radius 1 is 1.14 bits per heavy atom. The van der Waals surface area contributed by atoms with Crippen LogP contribution in [0, 0.1) is 0 Å². The van der Waals surface area contributed by atoms with Gasteiger partial charge in [0.05, 0.1) is 13.5 Å². The van der Waals surface area contributed by atoms with Gasteiger partial charge >= 0.3 is 5.97 Å². The summed E-state index contributed by atoms with van der Waals surface area (Å²) in [5.41, 5.74) is 0.378. The largest absolute Gasteiger partial charge is 0.497 e. The fraction of sp³-hybridized carbons (Fsp3) is 0.520. The van der Waals surface area contributed by atoms with Crippen LogP contribution in [0.4, 0.5) is 0 Å². The van der Waals surface area contributed by atoms with Gasteiger partial charge in [-0.25, -0.2) is 0 Å². The fourth-order valence-electron chi connectivity index (χ4n) is 4.85. The van der Waals surface area contributed by atoms with Crippen LogP contribution in [0.25, 0.3) is 0 Å². The van der Waals surface area contributed by atoms with E-state index < -0.39 is 36.3 Å². The Morgan fingerprint density at radius 3 is 2.71 bits per heavy atom. The van der Waals surface area contributed by atoms with E-state index >= 15 is 0 Å². The second kappa shape index (κ2) is 10.9. The van der Waals surface area contributed by atoms with Crippen molar-refractivity contribution in [3.63, 3.8) is 0 Å². The summed E-state index contributed by atoms with van der Waals surface area (Å²) in [6, 6.07) is 4.43. The van der Waals surface area contributed by atoms with Crippen molar-refractivity contribution in [2.75, 3.05) is 13.7 Å². The van der Waals surface area contributed by atoms with Gasteiger partial charge in [0, 0.05) is 18.2 Å². The normalized spacial score (nSPS) is 29.0. The number of benzene rings is 1. The number of fused-ring (bicyclic) bond motifs is 1. The third kappa shape index (κ3) is 5.48. The summed E-state index contributed by atoms with van der Waals surface area (Å²) in [4.78, 5) is 53.1. The number of amides is 3.